The van der Waals surface area contributed by atoms with Gasteiger partial charge >= 0.3 is 0 Å². The number of nitrogens with zero attached hydrogens (tertiary/aromatic N) is 1. The first-order chi connectivity index (χ1) is 12.2. The third kappa shape index (κ3) is 4.67. The molecule has 0 aliphatic carbocycles. The van der Waals surface area contributed by atoms with Crippen molar-refractivity contribution in [3.8, 4) is 5.75 Å². The molecule has 0 radical (unpaired) electrons. The standard InChI is InChI=1S/C21H20N2O2/c1-16-9-10-20(25-15-17-6-3-2-4-7-17)19(12-16)21(24)23-14-18-8-5-11-22-13-18/h2-13H,14-15H2,1H3,(H,23,24). The van der Waals surface area contributed by atoms with Crippen molar-refractivity contribution in [3.63, 3.8) is 0 Å². The Morgan fingerprint density at radius 3 is 2.60 bits per heavy atom. The molecule has 0 aliphatic heterocycles. The highest BCUT2D eigenvalue weighted by Crippen LogP contribution is 2.21. The minimum Gasteiger partial charge on any atom is -0.488 e. The molecule has 0 saturated carbocycles. The molecular formula is C21H20N2O2. The number of benzene rings is 2. The maximum absolute atomic E-state index is 12.6. The third-order valence-corrected chi connectivity index (χ3v) is 3.79. The van der Waals surface area contributed by atoms with Crippen molar-refractivity contribution in [2.75, 3.05) is 0 Å². The summed E-state index contributed by atoms with van der Waals surface area (Å²) in [5.41, 5.74) is 3.57. The number of hydrogen-bond donors (Lipinski definition) is 1. The molecule has 25 heavy (non-hydrogen) atoms. The van der Waals surface area contributed by atoms with Gasteiger partial charge in [0.05, 0.1) is 5.56 Å². The number of hydrogen-bond acceptors (Lipinski definition) is 3. The van der Waals surface area contributed by atoms with Gasteiger partial charge in [0.1, 0.15) is 12.4 Å². The Balaban J connectivity index is 1.70. The molecule has 3 aromatic rings. The van der Waals surface area contributed by atoms with E-state index in [-0.39, 0.29) is 5.91 Å². The van der Waals surface area contributed by atoms with E-state index in [1.807, 2.05) is 67.6 Å². The molecule has 0 aliphatic rings. The van der Waals surface area contributed by atoms with Crippen LogP contribution in [0.5, 0.6) is 5.75 Å². The first-order valence-electron chi connectivity index (χ1n) is 8.17. The molecule has 0 fully saturated rings. The third-order valence-electron chi connectivity index (χ3n) is 3.79. The molecule has 0 saturated heterocycles. The highest BCUT2D eigenvalue weighted by Gasteiger charge is 2.13. The molecule has 0 bridgehead atoms. The normalized spacial score (nSPS) is 10.3. The average Bonchev–Trinajstić information content (AvgIpc) is 2.66. The van der Waals surface area contributed by atoms with Gasteiger partial charge in [0, 0.05) is 18.9 Å². The van der Waals surface area contributed by atoms with Crippen LogP contribution in [0.15, 0.2) is 73.1 Å². The Kier molecular flexibility index (Phi) is 5.42. The van der Waals surface area contributed by atoms with Crippen molar-refractivity contribution in [2.45, 2.75) is 20.1 Å². The minimum atomic E-state index is -0.157. The smallest absolute Gasteiger partial charge is 0.255 e. The first-order valence-corrected chi connectivity index (χ1v) is 8.17. The van der Waals surface area contributed by atoms with Crippen LogP contribution in [0, 0.1) is 6.92 Å². The zero-order chi connectivity index (χ0) is 17.5. The number of ether oxygens (including phenoxy) is 1. The Morgan fingerprint density at radius 1 is 1.04 bits per heavy atom. The summed E-state index contributed by atoms with van der Waals surface area (Å²) in [4.78, 5) is 16.6. The van der Waals surface area contributed by atoms with Gasteiger partial charge in [-0.05, 0) is 36.2 Å². The number of nitrogens with one attached hydrogen (secondary N) is 1. The molecular weight excluding hydrogens is 312 g/mol. The van der Waals surface area contributed by atoms with E-state index in [0.29, 0.717) is 24.5 Å². The van der Waals surface area contributed by atoms with Gasteiger partial charge in [-0.1, -0.05) is 48.0 Å². The Bertz CT molecular complexity index is 833. The van der Waals surface area contributed by atoms with Gasteiger partial charge in [-0.25, -0.2) is 0 Å². The lowest BCUT2D eigenvalue weighted by Crippen LogP contribution is -2.23. The molecule has 0 atom stereocenters. The fourth-order valence-corrected chi connectivity index (χ4v) is 2.46. The molecule has 0 spiro atoms. The van der Waals surface area contributed by atoms with Gasteiger partial charge in [0.15, 0.2) is 0 Å². The van der Waals surface area contributed by atoms with Crippen LogP contribution in [-0.2, 0) is 13.2 Å². The van der Waals surface area contributed by atoms with Crippen molar-refractivity contribution < 1.29 is 9.53 Å². The molecule has 0 unspecified atom stereocenters. The quantitative estimate of drug-likeness (QED) is 0.745. The van der Waals surface area contributed by atoms with E-state index in [4.69, 9.17) is 4.74 Å². The fourth-order valence-electron chi connectivity index (χ4n) is 2.46. The Labute approximate surface area is 147 Å². The van der Waals surface area contributed by atoms with Crippen LogP contribution in [0.1, 0.15) is 27.0 Å². The predicted molar refractivity (Wildman–Crippen MR) is 97.4 cm³/mol. The second-order valence-corrected chi connectivity index (χ2v) is 5.82. The number of pyridine rings is 1. The molecule has 1 heterocycles. The average molecular weight is 332 g/mol. The molecule has 1 N–H and O–H groups in total. The van der Waals surface area contributed by atoms with Crippen LogP contribution in [-0.4, -0.2) is 10.9 Å². The van der Waals surface area contributed by atoms with Gasteiger partial charge in [-0.15, -0.1) is 0 Å². The zero-order valence-corrected chi connectivity index (χ0v) is 14.1. The summed E-state index contributed by atoms with van der Waals surface area (Å²) < 4.78 is 5.88. The van der Waals surface area contributed by atoms with Crippen molar-refractivity contribution in [1.29, 1.82) is 0 Å². The summed E-state index contributed by atoms with van der Waals surface area (Å²) in [7, 11) is 0. The second-order valence-electron chi connectivity index (χ2n) is 5.82. The van der Waals surface area contributed by atoms with Crippen LogP contribution in [0.3, 0.4) is 0 Å². The van der Waals surface area contributed by atoms with Gasteiger partial charge in [-0.2, -0.15) is 0 Å². The summed E-state index contributed by atoms with van der Waals surface area (Å²) in [5, 5.41) is 2.92. The highest BCUT2D eigenvalue weighted by atomic mass is 16.5. The van der Waals surface area contributed by atoms with E-state index in [0.717, 1.165) is 16.7 Å². The number of aromatic nitrogens is 1. The number of rotatable bonds is 6. The van der Waals surface area contributed by atoms with Gasteiger partial charge < -0.3 is 10.1 Å². The monoisotopic (exact) mass is 332 g/mol. The van der Waals surface area contributed by atoms with Crippen molar-refractivity contribution in [1.82, 2.24) is 10.3 Å². The lowest BCUT2D eigenvalue weighted by Gasteiger charge is -2.13. The van der Waals surface area contributed by atoms with E-state index in [9.17, 15) is 4.79 Å². The Morgan fingerprint density at radius 2 is 1.84 bits per heavy atom. The summed E-state index contributed by atoms with van der Waals surface area (Å²) >= 11 is 0. The van der Waals surface area contributed by atoms with Gasteiger partial charge in [-0.3, -0.25) is 9.78 Å². The van der Waals surface area contributed by atoms with Crippen LogP contribution in [0.25, 0.3) is 0 Å². The van der Waals surface area contributed by atoms with Crippen molar-refractivity contribution in [3.05, 3.63) is 95.3 Å². The van der Waals surface area contributed by atoms with E-state index in [1.165, 1.54) is 0 Å². The van der Waals surface area contributed by atoms with E-state index in [1.54, 1.807) is 12.4 Å². The lowest BCUT2D eigenvalue weighted by molar-refractivity contribution is 0.0946. The van der Waals surface area contributed by atoms with Crippen LogP contribution in [0.2, 0.25) is 0 Å². The predicted octanol–water partition coefficient (Wildman–Crippen LogP) is 3.90. The highest BCUT2D eigenvalue weighted by molar-refractivity contribution is 5.97. The van der Waals surface area contributed by atoms with Crippen LogP contribution >= 0.6 is 0 Å². The molecule has 3 rings (SSSR count). The number of amides is 1. The summed E-state index contributed by atoms with van der Waals surface area (Å²) in [5.74, 6) is 0.425. The van der Waals surface area contributed by atoms with E-state index in [2.05, 4.69) is 10.3 Å². The van der Waals surface area contributed by atoms with Crippen LogP contribution < -0.4 is 10.1 Å². The molecule has 2 aromatic carbocycles. The number of carbonyl (C=O) groups excluding carboxylic acids is 1. The van der Waals surface area contributed by atoms with E-state index < -0.39 is 0 Å². The largest absolute Gasteiger partial charge is 0.488 e. The molecule has 1 amide bonds. The van der Waals surface area contributed by atoms with Crippen LogP contribution in [0.4, 0.5) is 0 Å². The van der Waals surface area contributed by atoms with Crippen molar-refractivity contribution in [2.24, 2.45) is 0 Å². The molecule has 4 heteroatoms. The number of carbonyl (C=O) groups is 1. The van der Waals surface area contributed by atoms with Crippen molar-refractivity contribution >= 4 is 5.91 Å². The molecule has 126 valence electrons. The SMILES string of the molecule is Cc1ccc(OCc2ccccc2)c(C(=O)NCc2cccnc2)c1. The second kappa shape index (κ2) is 8.11. The fraction of sp³-hybridized carbons (Fsp3) is 0.143. The lowest BCUT2D eigenvalue weighted by atomic mass is 10.1. The maximum Gasteiger partial charge on any atom is 0.255 e. The minimum absolute atomic E-state index is 0.157. The van der Waals surface area contributed by atoms with E-state index >= 15 is 0 Å². The summed E-state index contributed by atoms with van der Waals surface area (Å²) in [6.45, 7) is 2.81. The summed E-state index contributed by atoms with van der Waals surface area (Å²) in [6.07, 6.45) is 3.45. The summed E-state index contributed by atoms with van der Waals surface area (Å²) in [6, 6.07) is 19.3. The topological polar surface area (TPSA) is 51.2 Å². The van der Waals surface area contributed by atoms with Gasteiger partial charge in [0.2, 0.25) is 0 Å². The molecule has 4 nitrogen and oxygen atoms in total. The number of aryl methyl sites for hydroxylation is 1. The maximum atomic E-state index is 12.6. The first kappa shape index (κ1) is 16.7. The van der Waals surface area contributed by atoms with Gasteiger partial charge in [0.25, 0.3) is 5.91 Å². The Hall–Kier alpha value is -3.14. The molecule has 1 aromatic heterocycles. The zero-order valence-electron chi connectivity index (χ0n) is 14.1.